The third-order valence-electron chi connectivity index (χ3n) is 3.57. The maximum atomic E-state index is 11.9. The van der Waals surface area contributed by atoms with Crippen LogP contribution in [0, 0.1) is 5.92 Å². The summed E-state index contributed by atoms with van der Waals surface area (Å²) >= 11 is 0. The lowest BCUT2D eigenvalue weighted by Gasteiger charge is -2.21. The molecule has 1 aromatic heterocycles. The molecule has 1 aromatic rings. The maximum absolute atomic E-state index is 11.9. The first kappa shape index (κ1) is 18.6. The number of hydrogen-bond donors (Lipinski definition) is 1. The first-order chi connectivity index (χ1) is 10.4. The average Bonchev–Trinajstić information content (AvgIpc) is 2.47. The number of aromatic nitrogens is 1. The number of nitrogens with one attached hydrogen (secondary N) is 1. The zero-order valence-electron chi connectivity index (χ0n) is 13.4. The zero-order chi connectivity index (χ0) is 16.6. The number of pyridine rings is 1. The second-order valence-electron chi connectivity index (χ2n) is 5.26. The van der Waals surface area contributed by atoms with Crippen LogP contribution < -0.4 is 5.32 Å². The smallest absolute Gasteiger partial charge is 0.223 e. The van der Waals surface area contributed by atoms with Gasteiger partial charge in [-0.25, -0.2) is 8.42 Å². The molecule has 0 aliphatic carbocycles. The van der Waals surface area contributed by atoms with E-state index in [0.717, 1.165) is 18.4 Å². The van der Waals surface area contributed by atoms with E-state index >= 15 is 0 Å². The van der Waals surface area contributed by atoms with Crippen LogP contribution in [-0.4, -0.2) is 43.0 Å². The van der Waals surface area contributed by atoms with Gasteiger partial charge in [0.25, 0.3) is 0 Å². The van der Waals surface area contributed by atoms with Crippen molar-refractivity contribution in [3.05, 3.63) is 30.1 Å². The molecule has 0 bridgehead atoms. The molecule has 0 spiro atoms. The van der Waals surface area contributed by atoms with Crippen LogP contribution in [-0.2, 0) is 21.4 Å². The summed E-state index contributed by atoms with van der Waals surface area (Å²) in [5.41, 5.74) is 0.819. The Morgan fingerprint density at radius 1 is 1.36 bits per heavy atom. The first-order valence-electron chi connectivity index (χ1n) is 7.50. The maximum Gasteiger partial charge on any atom is 0.223 e. The highest BCUT2D eigenvalue weighted by molar-refractivity contribution is 7.88. The van der Waals surface area contributed by atoms with Crippen molar-refractivity contribution in [3.63, 3.8) is 0 Å². The van der Waals surface area contributed by atoms with E-state index in [1.54, 1.807) is 18.5 Å². The Balaban J connectivity index is 2.59. The molecular weight excluding hydrogens is 302 g/mol. The average molecular weight is 327 g/mol. The van der Waals surface area contributed by atoms with Crippen molar-refractivity contribution < 1.29 is 13.2 Å². The van der Waals surface area contributed by atoms with E-state index in [9.17, 15) is 13.2 Å². The number of sulfonamides is 1. The van der Waals surface area contributed by atoms with Gasteiger partial charge in [0.1, 0.15) is 0 Å². The highest BCUT2D eigenvalue weighted by Crippen LogP contribution is 2.08. The fraction of sp³-hybridized carbons (Fsp3) is 0.600. The summed E-state index contributed by atoms with van der Waals surface area (Å²) in [6, 6.07) is 3.60. The van der Waals surface area contributed by atoms with Crippen LogP contribution in [0.2, 0.25) is 0 Å². The van der Waals surface area contributed by atoms with E-state index in [1.165, 1.54) is 10.6 Å². The predicted octanol–water partition coefficient (Wildman–Crippen LogP) is 1.40. The zero-order valence-corrected chi connectivity index (χ0v) is 14.3. The van der Waals surface area contributed by atoms with Crippen LogP contribution >= 0.6 is 0 Å². The Hall–Kier alpha value is -1.47. The van der Waals surface area contributed by atoms with Crippen molar-refractivity contribution in [3.8, 4) is 0 Å². The fourth-order valence-corrected chi connectivity index (χ4v) is 2.97. The molecular formula is C15H25N3O3S. The number of rotatable bonds is 9. The molecule has 0 aliphatic heterocycles. The quantitative estimate of drug-likeness (QED) is 0.743. The molecule has 0 saturated heterocycles. The summed E-state index contributed by atoms with van der Waals surface area (Å²) in [4.78, 5) is 15.9. The highest BCUT2D eigenvalue weighted by atomic mass is 32.2. The summed E-state index contributed by atoms with van der Waals surface area (Å²) < 4.78 is 25.0. The second-order valence-corrected chi connectivity index (χ2v) is 7.24. The van der Waals surface area contributed by atoms with Crippen molar-refractivity contribution in [2.45, 2.75) is 33.2 Å². The van der Waals surface area contributed by atoms with E-state index in [4.69, 9.17) is 0 Å². The van der Waals surface area contributed by atoms with Gasteiger partial charge in [0.15, 0.2) is 0 Å². The van der Waals surface area contributed by atoms with Gasteiger partial charge in [-0.15, -0.1) is 0 Å². The van der Waals surface area contributed by atoms with Crippen molar-refractivity contribution in [2.75, 3.05) is 19.3 Å². The normalized spacial score (nSPS) is 11.9. The summed E-state index contributed by atoms with van der Waals surface area (Å²) in [7, 11) is -3.34. The minimum atomic E-state index is -3.34. The van der Waals surface area contributed by atoms with Gasteiger partial charge in [-0.1, -0.05) is 19.9 Å². The Morgan fingerprint density at radius 3 is 2.55 bits per heavy atom. The summed E-state index contributed by atoms with van der Waals surface area (Å²) in [6.45, 7) is 4.76. The van der Waals surface area contributed by atoms with Crippen LogP contribution in [0.25, 0.3) is 0 Å². The molecule has 22 heavy (non-hydrogen) atoms. The number of nitrogens with zero attached hydrogens (tertiary/aromatic N) is 2. The molecule has 1 amide bonds. The third-order valence-corrected chi connectivity index (χ3v) is 4.82. The molecule has 0 radical (unpaired) electrons. The van der Waals surface area contributed by atoms with Crippen molar-refractivity contribution in [1.29, 1.82) is 0 Å². The van der Waals surface area contributed by atoms with Crippen LogP contribution in [0.1, 0.15) is 32.3 Å². The molecule has 1 heterocycles. The molecule has 0 aromatic carbocycles. The van der Waals surface area contributed by atoms with E-state index in [1.807, 2.05) is 19.9 Å². The van der Waals surface area contributed by atoms with Gasteiger partial charge in [-0.3, -0.25) is 9.78 Å². The van der Waals surface area contributed by atoms with Crippen LogP contribution in [0.4, 0.5) is 0 Å². The van der Waals surface area contributed by atoms with Gasteiger partial charge < -0.3 is 5.32 Å². The predicted molar refractivity (Wildman–Crippen MR) is 86.6 cm³/mol. The molecule has 0 saturated carbocycles. The Bertz CT molecular complexity index is 557. The molecule has 6 nitrogen and oxygen atoms in total. The van der Waals surface area contributed by atoms with Gasteiger partial charge in [0.05, 0.1) is 6.26 Å². The molecule has 0 fully saturated rings. The van der Waals surface area contributed by atoms with E-state index < -0.39 is 10.0 Å². The van der Waals surface area contributed by atoms with E-state index in [0.29, 0.717) is 6.54 Å². The topological polar surface area (TPSA) is 79.4 Å². The summed E-state index contributed by atoms with van der Waals surface area (Å²) in [5.74, 6) is -0.0233. The van der Waals surface area contributed by atoms with Gasteiger partial charge in [0.2, 0.25) is 15.9 Å². The fourth-order valence-electron chi connectivity index (χ4n) is 2.17. The molecule has 1 N–H and O–H groups in total. The van der Waals surface area contributed by atoms with Gasteiger partial charge >= 0.3 is 0 Å². The van der Waals surface area contributed by atoms with Crippen molar-refractivity contribution in [2.24, 2.45) is 5.92 Å². The lowest BCUT2D eigenvalue weighted by Crippen LogP contribution is -2.39. The molecule has 124 valence electrons. The van der Waals surface area contributed by atoms with E-state index in [-0.39, 0.29) is 24.9 Å². The molecule has 7 heteroatoms. The van der Waals surface area contributed by atoms with Gasteiger partial charge in [-0.2, -0.15) is 4.31 Å². The number of amides is 1. The number of hydrogen-bond acceptors (Lipinski definition) is 4. The minimum Gasteiger partial charge on any atom is -0.355 e. The van der Waals surface area contributed by atoms with Crippen LogP contribution in [0.5, 0.6) is 0 Å². The SMILES string of the molecule is CCC(CC)C(=O)NCCN(Cc1cccnc1)S(C)(=O)=O. The minimum absolute atomic E-state index is 0.00925. The number of carbonyl (C=O) groups is 1. The standard InChI is InChI=1S/C15H25N3O3S/c1-4-14(5-2)15(19)17-9-10-18(22(3,20)21)12-13-7-6-8-16-11-13/h6-8,11,14H,4-5,9-10,12H2,1-3H3,(H,17,19). The van der Waals surface area contributed by atoms with Gasteiger partial charge in [0, 0.05) is 37.9 Å². The lowest BCUT2D eigenvalue weighted by molar-refractivity contribution is -0.125. The molecule has 0 aliphatic rings. The van der Waals surface area contributed by atoms with Crippen molar-refractivity contribution >= 4 is 15.9 Å². The first-order valence-corrected chi connectivity index (χ1v) is 9.35. The van der Waals surface area contributed by atoms with Crippen LogP contribution in [0.3, 0.4) is 0 Å². The molecule has 0 unspecified atom stereocenters. The molecule has 0 atom stereocenters. The number of carbonyl (C=O) groups excluding carboxylic acids is 1. The Kier molecular flexibility index (Phi) is 7.47. The lowest BCUT2D eigenvalue weighted by atomic mass is 10.0. The summed E-state index contributed by atoms with van der Waals surface area (Å²) in [6.07, 6.45) is 6.03. The summed E-state index contributed by atoms with van der Waals surface area (Å²) in [5, 5.41) is 2.81. The van der Waals surface area contributed by atoms with Gasteiger partial charge in [-0.05, 0) is 24.5 Å². The molecule has 1 rings (SSSR count). The Morgan fingerprint density at radius 2 is 2.05 bits per heavy atom. The third kappa shape index (κ3) is 6.11. The highest BCUT2D eigenvalue weighted by Gasteiger charge is 2.18. The Labute approximate surface area is 133 Å². The van der Waals surface area contributed by atoms with Crippen molar-refractivity contribution in [1.82, 2.24) is 14.6 Å². The largest absolute Gasteiger partial charge is 0.355 e. The van der Waals surface area contributed by atoms with E-state index in [2.05, 4.69) is 10.3 Å². The van der Waals surface area contributed by atoms with Crippen LogP contribution in [0.15, 0.2) is 24.5 Å². The second kappa shape index (κ2) is 8.85. The monoisotopic (exact) mass is 327 g/mol.